The van der Waals surface area contributed by atoms with Crippen LogP contribution in [0.2, 0.25) is 5.02 Å². The minimum Gasteiger partial charge on any atom is -0.491 e. The Morgan fingerprint density at radius 3 is 2.05 bits per heavy atom. The van der Waals surface area contributed by atoms with E-state index < -0.39 is 41.0 Å². The molecule has 4 rings (SSSR count). The van der Waals surface area contributed by atoms with Crippen LogP contribution in [0.25, 0.3) is 22.0 Å². The molecule has 0 aliphatic carbocycles. The lowest BCUT2D eigenvalue weighted by molar-refractivity contribution is -0.274. The summed E-state index contributed by atoms with van der Waals surface area (Å²) in [5.74, 6) is -1.21. The van der Waals surface area contributed by atoms with Gasteiger partial charge in [-0.25, -0.2) is 4.79 Å². The molecule has 0 saturated carbocycles. The Bertz CT molecular complexity index is 1580. The van der Waals surface area contributed by atoms with Crippen LogP contribution in [0.3, 0.4) is 0 Å². The standard InChI is InChI=1S/C29H24ClF6NO5/c1-4-40-26(38)25-24(30)23-21(37-25)14-13-20(22(23)16-5-9-18(10-6-16)41-15(2)3)27(39,28(31,32)33)17-7-11-19(12-8-17)42-29(34,35)36/h5-15,37,39H,4H2,1-3H3. The number of alkyl halides is 6. The normalized spacial score (nSPS) is 13.7. The highest BCUT2D eigenvalue weighted by Gasteiger charge is 2.57. The Morgan fingerprint density at radius 1 is 0.929 bits per heavy atom. The largest absolute Gasteiger partial charge is 0.573 e. The fraction of sp³-hybridized carbons (Fsp3) is 0.276. The van der Waals surface area contributed by atoms with E-state index >= 15 is 0 Å². The van der Waals surface area contributed by atoms with Gasteiger partial charge in [0.1, 0.15) is 17.2 Å². The number of rotatable bonds is 8. The molecular weight excluding hydrogens is 592 g/mol. The van der Waals surface area contributed by atoms with Gasteiger partial charge in [0, 0.05) is 16.5 Å². The molecule has 1 atom stereocenters. The van der Waals surface area contributed by atoms with Gasteiger partial charge in [-0.1, -0.05) is 41.9 Å². The van der Waals surface area contributed by atoms with Crippen molar-refractivity contribution >= 4 is 28.5 Å². The van der Waals surface area contributed by atoms with E-state index in [1.165, 1.54) is 30.3 Å². The van der Waals surface area contributed by atoms with Crippen molar-refractivity contribution in [2.75, 3.05) is 6.61 Å². The molecule has 224 valence electrons. The number of ether oxygens (including phenoxy) is 3. The molecule has 0 fully saturated rings. The number of halogens is 7. The van der Waals surface area contributed by atoms with Crippen LogP contribution in [0.1, 0.15) is 42.4 Å². The molecule has 0 spiro atoms. The number of nitrogens with one attached hydrogen (secondary N) is 1. The molecule has 0 amide bonds. The first kappa shape index (κ1) is 31.0. The molecule has 1 unspecified atom stereocenters. The van der Waals surface area contributed by atoms with Crippen LogP contribution in [-0.4, -0.2) is 41.3 Å². The highest BCUT2D eigenvalue weighted by atomic mass is 35.5. The highest BCUT2D eigenvalue weighted by Crippen LogP contribution is 2.51. The molecule has 3 aromatic carbocycles. The summed E-state index contributed by atoms with van der Waals surface area (Å²) in [5, 5.41) is 11.3. The molecule has 0 aliphatic heterocycles. The van der Waals surface area contributed by atoms with Gasteiger partial charge in [-0.2, -0.15) is 13.2 Å². The second-order valence-electron chi connectivity index (χ2n) is 9.42. The van der Waals surface area contributed by atoms with Crippen molar-refractivity contribution in [1.82, 2.24) is 4.98 Å². The third kappa shape index (κ3) is 6.00. The average molecular weight is 616 g/mol. The smallest absolute Gasteiger partial charge is 0.491 e. The fourth-order valence-corrected chi connectivity index (χ4v) is 4.86. The monoisotopic (exact) mass is 615 g/mol. The van der Waals surface area contributed by atoms with Gasteiger partial charge >= 0.3 is 18.5 Å². The first-order chi connectivity index (χ1) is 19.6. The van der Waals surface area contributed by atoms with Crippen molar-refractivity contribution in [2.45, 2.75) is 45.0 Å². The summed E-state index contributed by atoms with van der Waals surface area (Å²) in [4.78, 5) is 15.3. The molecule has 0 saturated heterocycles. The molecule has 1 heterocycles. The molecule has 1 aromatic heterocycles. The number of hydrogen-bond donors (Lipinski definition) is 2. The van der Waals surface area contributed by atoms with Crippen LogP contribution < -0.4 is 9.47 Å². The topological polar surface area (TPSA) is 80.8 Å². The predicted octanol–water partition coefficient (Wildman–Crippen LogP) is 8.15. The lowest BCUT2D eigenvalue weighted by Gasteiger charge is -2.33. The van der Waals surface area contributed by atoms with Gasteiger partial charge in [0.15, 0.2) is 0 Å². The van der Waals surface area contributed by atoms with E-state index in [1.807, 2.05) is 0 Å². The van der Waals surface area contributed by atoms with Crippen LogP contribution in [-0.2, 0) is 10.3 Å². The molecule has 42 heavy (non-hydrogen) atoms. The lowest BCUT2D eigenvalue weighted by Crippen LogP contribution is -2.43. The zero-order valence-electron chi connectivity index (χ0n) is 22.3. The number of H-pyrrole nitrogens is 1. The minimum absolute atomic E-state index is 0.00181. The highest BCUT2D eigenvalue weighted by molar-refractivity contribution is 6.39. The van der Waals surface area contributed by atoms with E-state index in [0.29, 0.717) is 30.0 Å². The number of fused-ring (bicyclic) bond motifs is 1. The zero-order valence-corrected chi connectivity index (χ0v) is 23.0. The van der Waals surface area contributed by atoms with Crippen molar-refractivity contribution in [2.24, 2.45) is 0 Å². The number of aliphatic hydroxyl groups is 1. The van der Waals surface area contributed by atoms with Crippen LogP contribution in [0.4, 0.5) is 26.3 Å². The number of esters is 1. The van der Waals surface area contributed by atoms with E-state index in [2.05, 4.69) is 9.72 Å². The lowest BCUT2D eigenvalue weighted by atomic mass is 9.80. The van der Waals surface area contributed by atoms with Gasteiger partial charge in [0.05, 0.1) is 17.7 Å². The fourth-order valence-electron chi connectivity index (χ4n) is 4.54. The third-order valence-corrected chi connectivity index (χ3v) is 6.58. The van der Waals surface area contributed by atoms with Gasteiger partial charge in [0.2, 0.25) is 5.60 Å². The van der Waals surface area contributed by atoms with E-state index in [4.69, 9.17) is 21.1 Å². The maximum absolute atomic E-state index is 14.9. The predicted molar refractivity (Wildman–Crippen MR) is 143 cm³/mol. The van der Waals surface area contributed by atoms with Crippen LogP contribution in [0.15, 0.2) is 60.7 Å². The summed E-state index contributed by atoms with van der Waals surface area (Å²) in [6, 6.07) is 10.9. The number of carbonyl (C=O) groups is 1. The van der Waals surface area contributed by atoms with E-state index in [1.54, 1.807) is 20.8 Å². The van der Waals surface area contributed by atoms with E-state index in [9.17, 15) is 36.2 Å². The Hall–Kier alpha value is -3.90. The van der Waals surface area contributed by atoms with Gasteiger partial charge in [0.25, 0.3) is 0 Å². The summed E-state index contributed by atoms with van der Waals surface area (Å²) in [6.45, 7) is 5.14. The maximum atomic E-state index is 14.9. The van der Waals surface area contributed by atoms with Gasteiger partial charge in [-0.05, 0) is 67.8 Å². The molecule has 0 aliphatic rings. The first-order valence-corrected chi connectivity index (χ1v) is 12.9. The molecule has 13 heteroatoms. The Labute approximate surface area is 240 Å². The summed E-state index contributed by atoms with van der Waals surface area (Å²) >= 11 is 6.56. The third-order valence-electron chi connectivity index (χ3n) is 6.20. The maximum Gasteiger partial charge on any atom is 0.573 e. The number of aromatic amines is 1. The van der Waals surface area contributed by atoms with Crippen molar-refractivity contribution in [3.05, 3.63) is 82.5 Å². The average Bonchev–Trinajstić information content (AvgIpc) is 3.23. The molecule has 4 aromatic rings. The summed E-state index contributed by atoms with van der Waals surface area (Å²) in [7, 11) is 0. The van der Waals surface area contributed by atoms with E-state index in [0.717, 1.165) is 6.07 Å². The summed E-state index contributed by atoms with van der Waals surface area (Å²) < 4.78 is 97.0. The van der Waals surface area contributed by atoms with Crippen molar-refractivity contribution in [1.29, 1.82) is 0 Å². The summed E-state index contributed by atoms with van der Waals surface area (Å²) in [5.41, 5.74) is -5.29. The minimum atomic E-state index is -5.38. The molecule has 2 N–H and O–H groups in total. The molecule has 0 bridgehead atoms. The van der Waals surface area contributed by atoms with Crippen LogP contribution in [0.5, 0.6) is 11.5 Å². The number of carbonyl (C=O) groups excluding carboxylic acids is 1. The van der Waals surface area contributed by atoms with Gasteiger partial charge < -0.3 is 24.3 Å². The molecular formula is C29H24ClF6NO5. The number of aromatic nitrogens is 1. The second kappa shape index (κ2) is 11.4. The Balaban J connectivity index is 2.02. The van der Waals surface area contributed by atoms with Crippen LogP contribution in [0, 0.1) is 0 Å². The molecule has 6 nitrogen and oxygen atoms in total. The first-order valence-electron chi connectivity index (χ1n) is 12.5. The quantitative estimate of drug-likeness (QED) is 0.154. The number of benzene rings is 3. The molecule has 0 radical (unpaired) electrons. The SMILES string of the molecule is CCOC(=O)c1[nH]c2ccc(C(O)(c3ccc(OC(F)(F)F)cc3)C(F)(F)F)c(-c3ccc(OC(C)C)cc3)c2c1Cl. The van der Waals surface area contributed by atoms with E-state index in [-0.39, 0.29) is 45.5 Å². The summed E-state index contributed by atoms with van der Waals surface area (Å²) in [6.07, 6.45) is -10.6. The van der Waals surface area contributed by atoms with Crippen LogP contribution >= 0.6 is 11.6 Å². The Morgan fingerprint density at radius 2 is 1.52 bits per heavy atom. The Kier molecular flexibility index (Phi) is 8.43. The van der Waals surface area contributed by atoms with Crippen molar-refractivity contribution in [3.8, 4) is 22.6 Å². The van der Waals surface area contributed by atoms with Crippen molar-refractivity contribution in [3.63, 3.8) is 0 Å². The second-order valence-corrected chi connectivity index (χ2v) is 9.79. The van der Waals surface area contributed by atoms with Crippen molar-refractivity contribution < 1.29 is 50.5 Å². The van der Waals surface area contributed by atoms with Gasteiger partial charge in [-0.15, -0.1) is 13.2 Å². The van der Waals surface area contributed by atoms with Gasteiger partial charge in [-0.3, -0.25) is 0 Å². The number of hydrogen-bond acceptors (Lipinski definition) is 5. The zero-order chi connectivity index (χ0) is 31.0.